The number of carbonyl (C=O) groups is 3. The quantitative estimate of drug-likeness (QED) is 0.609. The highest BCUT2D eigenvalue weighted by molar-refractivity contribution is 5.75. The average Bonchev–Trinajstić information content (AvgIpc) is 2.87. The molecule has 1 rings (SSSR count). The molecule has 0 aliphatic heterocycles. The van der Waals surface area contributed by atoms with Crippen LogP contribution in [0.25, 0.3) is 0 Å². The van der Waals surface area contributed by atoms with Gasteiger partial charge in [-0.1, -0.05) is 6.92 Å². The number of carboxylic acids is 1. The van der Waals surface area contributed by atoms with E-state index in [2.05, 4.69) is 17.6 Å². The highest BCUT2D eigenvalue weighted by atomic mass is 16.6. The Labute approximate surface area is 156 Å². The maximum absolute atomic E-state index is 11.9. The highest BCUT2D eigenvalue weighted by Crippen LogP contribution is 2.43. The van der Waals surface area contributed by atoms with Crippen molar-refractivity contribution >= 4 is 18.0 Å². The van der Waals surface area contributed by atoms with Gasteiger partial charge in [0.25, 0.3) is 0 Å². The molecule has 1 fully saturated rings. The minimum Gasteiger partial charge on any atom is -0.481 e. The number of alkyl carbamates (subject to hydrolysis) is 1. The molecule has 7 heteroatoms. The van der Waals surface area contributed by atoms with Crippen LogP contribution in [-0.2, 0) is 14.3 Å². The maximum atomic E-state index is 11.9. The Hall–Kier alpha value is -1.79. The number of rotatable bonds is 8. The van der Waals surface area contributed by atoms with Crippen LogP contribution in [0.1, 0.15) is 73.1 Å². The Morgan fingerprint density at radius 2 is 1.92 bits per heavy atom. The van der Waals surface area contributed by atoms with Gasteiger partial charge in [-0.25, -0.2) is 4.79 Å². The number of carboxylic acid groups (broad SMARTS) is 1. The largest absolute Gasteiger partial charge is 0.481 e. The summed E-state index contributed by atoms with van der Waals surface area (Å²) in [7, 11) is 0. The summed E-state index contributed by atoms with van der Waals surface area (Å²) in [6.45, 7) is 9.56. The van der Waals surface area contributed by atoms with E-state index in [1.807, 2.05) is 0 Å². The number of amides is 2. The molecule has 0 spiro atoms. The second kappa shape index (κ2) is 9.24. The van der Waals surface area contributed by atoms with Gasteiger partial charge in [-0.2, -0.15) is 0 Å². The van der Waals surface area contributed by atoms with Crippen LogP contribution in [0.5, 0.6) is 0 Å². The first-order chi connectivity index (χ1) is 11.9. The molecule has 0 saturated heterocycles. The monoisotopic (exact) mass is 370 g/mol. The van der Waals surface area contributed by atoms with Crippen molar-refractivity contribution in [2.75, 3.05) is 6.54 Å². The van der Waals surface area contributed by atoms with Crippen LogP contribution < -0.4 is 10.6 Å². The summed E-state index contributed by atoms with van der Waals surface area (Å²) in [5.41, 5.74) is -1.36. The van der Waals surface area contributed by atoms with Crippen LogP contribution >= 0.6 is 0 Å². The second-order valence-electron chi connectivity index (χ2n) is 8.59. The zero-order valence-corrected chi connectivity index (χ0v) is 16.7. The van der Waals surface area contributed by atoms with E-state index in [1.165, 1.54) is 6.92 Å². The molecular weight excluding hydrogens is 336 g/mol. The first-order valence-corrected chi connectivity index (χ1v) is 9.41. The fraction of sp³-hybridized carbons (Fsp3) is 0.842. The Balaban J connectivity index is 2.51. The third-order valence-corrected chi connectivity index (χ3v) is 4.91. The number of hydrogen-bond acceptors (Lipinski definition) is 4. The van der Waals surface area contributed by atoms with Gasteiger partial charge in [0.15, 0.2) is 0 Å². The van der Waals surface area contributed by atoms with Gasteiger partial charge in [-0.3, -0.25) is 9.59 Å². The standard InChI is InChI=1S/C19H34N2O5/c1-13(8-11-20-14(2)22)6-9-19(16(23)24)10-7-15(12-19)21-17(25)26-18(3,4)5/h13,15H,6-12H2,1-5H3,(H,20,22)(H,21,25)(H,23,24). The number of hydrogen-bond donors (Lipinski definition) is 3. The molecule has 1 aliphatic rings. The number of carbonyl (C=O) groups excluding carboxylic acids is 2. The number of aliphatic carboxylic acids is 1. The van der Waals surface area contributed by atoms with Gasteiger partial charge in [0.2, 0.25) is 5.91 Å². The minimum absolute atomic E-state index is 0.0499. The first-order valence-electron chi connectivity index (χ1n) is 9.41. The Bertz CT molecular complexity index is 515. The molecule has 0 aromatic heterocycles. The van der Waals surface area contributed by atoms with Crippen LogP contribution in [0.15, 0.2) is 0 Å². The van der Waals surface area contributed by atoms with Gasteiger partial charge in [-0.05, 0) is 65.2 Å². The lowest BCUT2D eigenvalue weighted by Gasteiger charge is -2.26. The average molecular weight is 370 g/mol. The Morgan fingerprint density at radius 3 is 2.46 bits per heavy atom. The Kier molecular flexibility index (Phi) is 7.90. The van der Waals surface area contributed by atoms with Gasteiger partial charge in [0, 0.05) is 19.5 Å². The summed E-state index contributed by atoms with van der Waals surface area (Å²) >= 11 is 0. The fourth-order valence-electron chi connectivity index (χ4n) is 3.41. The first kappa shape index (κ1) is 22.3. The Morgan fingerprint density at radius 1 is 1.27 bits per heavy atom. The predicted molar refractivity (Wildman–Crippen MR) is 98.8 cm³/mol. The van der Waals surface area contributed by atoms with Crippen molar-refractivity contribution in [3.8, 4) is 0 Å². The molecule has 150 valence electrons. The SMILES string of the molecule is CC(=O)NCCC(C)CCC1(C(=O)O)CCC(NC(=O)OC(C)(C)C)C1. The topological polar surface area (TPSA) is 105 Å². The van der Waals surface area contributed by atoms with E-state index in [0.717, 1.165) is 12.8 Å². The molecule has 0 aromatic rings. The van der Waals surface area contributed by atoms with Gasteiger partial charge in [-0.15, -0.1) is 0 Å². The van der Waals surface area contributed by atoms with E-state index in [1.54, 1.807) is 20.8 Å². The lowest BCUT2D eigenvalue weighted by molar-refractivity contribution is -0.149. The molecule has 0 aromatic carbocycles. The smallest absolute Gasteiger partial charge is 0.407 e. The number of ether oxygens (including phenoxy) is 1. The van der Waals surface area contributed by atoms with Crippen LogP contribution in [0, 0.1) is 11.3 Å². The summed E-state index contributed by atoms with van der Waals surface area (Å²) in [6, 6.07) is -0.171. The van der Waals surface area contributed by atoms with E-state index in [-0.39, 0.29) is 11.9 Å². The molecular formula is C19H34N2O5. The van der Waals surface area contributed by atoms with Gasteiger partial charge in [0.1, 0.15) is 5.60 Å². The molecule has 0 bridgehead atoms. The molecule has 26 heavy (non-hydrogen) atoms. The zero-order chi connectivity index (χ0) is 20.0. The summed E-state index contributed by atoms with van der Waals surface area (Å²) in [5, 5.41) is 15.3. The van der Waals surface area contributed by atoms with E-state index in [9.17, 15) is 19.5 Å². The number of nitrogens with one attached hydrogen (secondary N) is 2. The summed E-state index contributed by atoms with van der Waals surface area (Å²) < 4.78 is 5.26. The van der Waals surface area contributed by atoms with E-state index >= 15 is 0 Å². The normalized spacial score (nSPS) is 24.0. The molecule has 0 radical (unpaired) electrons. The van der Waals surface area contributed by atoms with Crippen molar-refractivity contribution in [2.45, 2.75) is 84.8 Å². The molecule has 7 nitrogen and oxygen atoms in total. The lowest BCUT2D eigenvalue weighted by Crippen LogP contribution is -2.39. The summed E-state index contributed by atoms with van der Waals surface area (Å²) in [4.78, 5) is 34.7. The highest BCUT2D eigenvalue weighted by Gasteiger charge is 2.45. The van der Waals surface area contributed by atoms with Crippen LogP contribution in [0.4, 0.5) is 4.79 Å². The fourth-order valence-corrected chi connectivity index (χ4v) is 3.41. The second-order valence-corrected chi connectivity index (χ2v) is 8.59. The third-order valence-electron chi connectivity index (χ3n) is 4.91. The van der Waals surface area contributed by atoms with E-state index < -0.39 is 23.1 Å². The third kappa shape index (κ3) is 7.62. The molecule has 3 unspecified atom stereocenters. The van der Waals surface area contributed by atoms with Gasteiger partial charge in [0.05, 0.1) is 5.41 Å². The predicted octanol–water partition coefficient (Wildman–Crippen LogP) is 3.08. The van der Waals surface area contributed by atoms with Crippen LogP contribution in [0.3, 0.4) is 0 Å². The maximum Gasteiger partial charge on any atom is 0.407 e. The van der Waals surface area contributed by atoms with E-state index in [4.69, 9.17) is 4.74 Å². The summed E-state index contributed by atoms with van der Waals surface area (Å²) in [6.07, 6.45) is 3.33. The van der Waals surface area contributed by atoms with Gasteiger partial charge < -0.3 is 20.5 Å². The van der Waals surface area contributed by atoms with Crippen LogP contribution in [0.2, 0.25) is 0 Å². The molecule has 2 amide bonds. The van der Waals surface area contributed by atoms with Crippen molar-refractivity contribution < 1.29 is 24.2 Å². The van der Waals surface area contributed by atoms with Crippen molar-refractivity contribution in [1.29, 1.82) is 0 Å². The van der Waals surface area contributed by atoms with Crippen molar-refractivity contribution in [3.05, 3.63) is 0 Å². The minimum atomic E-state index is -0.792. The van der Waals surface area contributed by atoms with Crippen LogP contribution in [-0.4, -0.2) is 41.3 Å². The molecule has 0 heterocycles. The zero-order valence-electron chi connectivity index (χ0n) is 16.7. The molecule has 3 atom stereocenters. The molecule has 3 N–H and O–H groups in total. The van der Waals surface area contributed by atoms with Crippen molar-refractivity contribution in [3.63, 3.8) is 0 Å². The summed E-state index contributed by atoms with van der Waals surface area (Å²) in [5.74, 6) is -0.512. The van der Waals surface area contributed by atoms with E-state index in [0.29, 0.717) is 38.1 Å². The van der Waals surface area contributed by atoms with Crippen molar-refractivity contribution in [2.24, 2.45) is 11.3 Å². The molecule has 1 saturated carbocycles. The van der Waals surface area contributed by atoms with Gasteiger partial charge >= 0.3 is 12.1 Å². The lowest BCUT2D eigenvalue weighted by atomic mass is 9.79. The molecule has 1 aliphatic carbocycles. The van der Waals surface area contributed by atoms with Crippen molar-refractivity contribution in [1.82, 2.24) is 10.6 Å².